The smallest absolute Gasteiger partial charge is 0.00488 e. The van der Waals surface area contributed by atoms with Gasteiger partial charge < -0.3 is 5.73 Å². The highest BCUT2D eigenvalue weighted by Crippen LogP contribution is 2.23. The largest absolute Gasteiger partial charge is 0.330 e. The molecule has 1 nitrogen and oxygen atoms in total. The van der Waals surface area contributed by atoms with Crippen molar-refractivity contribution in [3.05, 3.63) is 48.0 Å². The van der Waals surface area contributed by atoms with Crippen LogP contribution in [0.1, 0.15) is 19.4 Å². The molecule has 17 heavy (non-hydrogen) atoms. The molecule has 0 bridgehead atoms. The molecule has 2 N–H and O–H groups in total. The Hall–Kier alpha value is -1.34. The van der Waals surface area contributed by atoms with Gasteiger partial charge in [-0.25, -0.2) is 0 Å². The molecule has 0 heterocycles. The molecule has 2 aromatic carbocycles. The third kappa shape index (κ3) is 2.67. The summed E-state index contributed by atoms with van der Waals surface area (Å²) in [6.07, 6.45) is 1.11. The third-order valence-electron chi connectivity index (χ3n) is 3.77. The van der Waals surface area contributed by atoms with Crippen molar-refractivity contribution in [2.75, 3.05) is 6.54 Å². The zero-order valence-electron chi connectivity index (χ0n) is 10.7. The Morgan fingerprint density at radius 1 is 0.941 bits per heavy atom. The van der Waals surface area contributed by atoms with Gasteiger partial charge in [-0.2, -0.15) is 0 Å². The maximum Gasteiger partial charge on any atom is -0.00488 e. The van der Waals surface area contributed by atoms with Gasteiger partial charge in [-0.3, -0.25) is 0 Å². The van der Waals surface area contributed by atoms with Crippen molar-refractivity contribution < 1.29 is 0 Å². The molecule has 0 radical (unpaired) electrons. The molecule has 0 saturated heterocycles. The maximum absolute atomic E-state index is 5.74. The predicted octanol–water partition coefficient (Wildman–Crippen LogP) is 3.61. The van der Waals surface area contributed by atoms with Crippen LogP contribution in [-0.4, -0.2) is 6.54 Å². The number of fused-ring (bicyclic) bond motifs is 1. The van der Waals surface area contributed by atoms with E-state index in [0.717, 1.165) is 13.0 Å². The predicted molar refractivity (Wildman–Crippen MR) is 75.0 cm³/mol. The van der Waals surface area contributed by atoms with Crippen molar-refractivity contribution in [2.45, 2.75) is 20.3 Å². The standard InChI is InChI=1S/C16H21N/c1-12(13(2)11-17)10-15-8-5-7-14-6-3-4-9-16(14)15/h3-9,12-13H,10-11,17H2,1-2H3. The summed E-state index contributed by atoms with van der Waals surface area (Å²) in [5.74, 6) is 1.21. The second-order valence-corrected chi connectivity index (χ2v) is 5.03. The zero-order valence-corrected chi connectivity index (χ0v) is 10.7. The van der Waals surface area contributed by atoms with E-state index in [4.69, 9.17) is 5.73 Å². The molecule has 0 aliphatic carbocycles. The van der Waals surface area contributed by atoms with Crippen LogP contribution in [0, 0.1) is 11.8 Å². The molecular weight excluding hydrogens is 206 g/mol. The Bertz CT molecular complexity index is 484. The fraction of sp³-hybridized carbons (Fsp3) is 0.375. The Morgan fingerprint density at radius 2 is 1.65 bits per heavy atom. The average molecular weight is 227 g/mol. The second-order valence-electron chi connectivity index (χ2n) is 5.03. The highest BCUT2D eigenvalue weighted by atomic mass is 14.5. The van der Waals surface area contributed by atoms with Gasteiger partial charge in [-0.1, -0.05) is 56.3 Å². The van der Waals surface area contributed by atoms with Gasteiger partial charge in [-0.05, 0) is 41.1 Å². The van der Waals surface area contributed by atoms with Gasteiger partial charge in [-0.15, -0.1) is 0 Å². The lowest BCUT2D eigenvalue weighted by Gasteiger charge is -2.19. The molecule has 0 spiro atoms. The molecule has 2 atom stereocenters. The number of hydrogen-bond donors (Lipinski definition) is 1. The summed E-state index contributed by atoms with van der Waals surface area (Å²) >= 11 is 0. The first kappa shape index (κ1) is 12.1. The zero-order chi connectivity index (χ0) is 12.3. The summed E-state index contributed by atoms with van der Waals surface area (Å²) in [4.78, 5) is 0. The Morgan fingerprint density at radius 3 is 2.41 bits per heavy atom. The fourth-order valence-electron chi connectivity index (χ4n) is 2.25. The van der Waals surface area contributed by atoms with Crippen molar-refractivity contribution in [1.82, 2.24) is 0 Å². The summed E-state index contributed by atoms with van der Waals surface area (Å²) in [6.45, 7) is 5.29. The van der Waals surface area contributed by atoms with E-state index in [2.05, 4.69) is 56.3 Å². The highest BCUT2D eigenvalue weighted by Gasteiger charge is 2.12. The number of benzene rings is 2. The lowest BCUT2D eigenvalue weighted by atomic mass is 9.88. The van der Waals surface area contributed by atoms with Gasteiger partial charge in [0.05, 0.1) is 0 Å². The molecule has 0 aromatic heterocycles. The van der Waals surface area contributed by atoms with Crippen LogP contribution in [0.15, 0.2) is 42.5 Å². The molecule has 2 aromatic rings. The molecule has 0 aliphatic heterocycles. The van der Waals surface area contributed by atoms with Crippen molar-refractivity contribution in [3.8, 4) is 0 Å². The molecule has 0 aliphatic rings. The summed E-state index contributed by atoms with van der Waals surface area (Å²) in [5, 5.41) is 2.71. The van der Waals surface area contributed by atoms with E-state index in [9.17, 15) is 0 Å². The van der Waals surface area contributed by atoms with E-state index < -0.39 is 0 Å². The molecule has 2 rings (SSSR count). The van der Waals surface area contributed by atoms with E-state index in [1.54, 1.807) is 0 Å². The lowest BCUT2D eigenvalue weighted by molar-refractivity contribution is 0.395. The Balaban J connectivity index is 2.30. The summed E-state index contributed by atoms with van der Waals surface area (Å²) in [7, 11) is 0. The van der Waals surface area contributed by atoms with Gasteiger partial charge in [0.25, 0.3) is 0 Å². The highest BCUT2D eigenvalue weighted by molar-refractivity contribution is 5.85. The Kier molecular flexibility index (Phi) is 3.80. The van der Waals surface area contributed by atoms with Crippen LogP contribution >= 0.6 is 0 Å². The maximum atomic E-state index is 5.74. The van der Waals surface area contributed by atoms with Crippen LogP contribution in [0.25, 0.3) is 10.8 Å². The molecule has 1 heteroatoms. The third-order valence-corrected chi connectivity index (χ3v) is 3.77. The van der Waals surface area contributed by atoms with Crippen molar-refractivity contribution >= 4 is 10.8 Å². The number of rotatable bonds is 4. The average Bonchev–Trinajstić information content (AvgIpc) is 2.38. The van der Waals surface area contributed by atoms with Crippen LogP contribution in [0.5, 0.6) is 0 Å². The van der Waals surface area contributed by atoms with Crippen LogP contribution < -0.4 is 5.73 Å². The molecule has 0 fully saturated rings. The quantitative estimate of drug-likeness (QED) is 0.848. The summed E-state index contributed by atoms with van der Waals surface area (Å²) in [5.41, 5.74) is 7.18. The number of nitrogens with two attached hydrogens (primary N) is 1. The molecule has 0 saturated carbocycles. The van der Waals surface area contributed by atoms with Crippen molar-refractivity contribution in [2.24, 2.45) is 17.6 Å². The SMILES string of the molecule is CC(CN)C(C)Cc1cccc2ccccc12. The van der Waals surface area contributed by atoms with E-state index in [1.807, 2.05) is 0 Å². The van der Waals surface area contributed by atoms with Gasteiger partial charge in [0.2, 0.25) is 0 Å². The first-order valence-electron chi connectivity index (χ1n) is 6.39. The van der Waals surface area contributed by atoms with Gasteiger partial charge >= 0.3 is 0 Å². The Labute approximate surface area is 104 Å². The van der Waals surface area contributed by atoms with Gasteiger partial charge in [0.15, 0.2) is 0 Å². The molecular formula is C16H21N. The minimum absolute atomic E-state index is 0.578. The topological polar surface area (TPSA) is 26.0 Å². The van der Waals surface area contributed by atoms with E-state index in [0.29, 0.717) is 11.8 Å². The summed E-state index contributed by atoms with van der Waals surface area (Å²) < 4.78 is 0. The minimum Gasteiger partial charge on any atom is -0.330 e. The molecule has 2 unspecified atom stereocenters. The molecule has 90 valence electrons. The summed E-state index contributed by atoms with van der Waals surface area (Å²) in [6, 6.07) is 15.2. The number of hydrogen-bond acceptors (Lipinski definition) is 1. The van der Waals surface area contributed by atoms with Crippen LogP contribution in [0.3, 0.4) is 0 Å². The normalized spacial score (nSPS) is 14.8. The van der Waals surface area contributed by atoms with E-state index in [-0.39, 0.29) is 0 Å². The lowest BCUT2D eigenvalue weighted by Crippen LogP contribution is -2.20. The second kappa shape index (κ2) is 5.33. The fourth-order valence-corrected chi connectivity index (χ4v) is 2.25. The van der Waals surface area contributed by atoms with Gasteiger partial charge in [0.1, 0.15) is 0 Å². The van der Waals surface area contributed by atoms with Crippen LogP contribution in [0.2, 0.25) is 0 Å². The van der Waals surface area contributed by atoms with Crippen molar-refractivity contribution in [3.63, 3.8) is 0 Å². The first-order chi connectivity index (χ1) is 8.22. The minimum atomic E-state index is 0.578. The van der Waals surface area contributed by atoms with Crippen LogP contribution in [-0.2, 0) is 6.42 Å². The van der Waals surface area contributed by atoms with E-state index in [1.165, 1.54) is 16.3 Å². The molecule has 0 amide bonds. The van der Waals surface area contributed by atoms with Crippen LogP contribution in [0.4, 0.5) is 0 Å². The first-order valence-corrected chi connectivity index (χ1v) is 6.39. The monoisotopic (exact) mass is 227 g/mol. The van der Waals surface area contributed by atoms with Crippen molar-refractivity contribution in [1.29, 1.82) is 0 Å². The van der Waals surface area contributed by atoms with Gasteiger partial charge in [0, 0.05) is 0 Å². The van der Waals surface area contributed by atoms with E-state index >= 15 is 0 Å².